The van der Waals surface area contributed by atoms with E-state index in [-0.39, 0.29) is 5.97 Å². The van der Waals surface area contributed by atoms with E-state index in [2.05, 4.69) is 11.1 Å². The molecule has 0 aliphatic heterocycles. The van der Waals surface area contributed by atoms with E-state index in [1.807, 2.05) is 20.8 Å². The standard InChI is InChI=1S/C14H14N2O2/c1-14(2,3)18-13(17)9-4-5-12-11(6-9)10(7-15)8-16-12/h4-6,8,16H,1-3H3. The molecule has 0 saturated heterocycles. The molecule has 1 aromatic heterocycles. The first-order valence-electron chi connectivity index (χ1n) is 5.65. The molecular formula is C14H14N2O2. The number of nitriles is 1. The highest BCUT2D eigenvalue weighted by Crippen LogP contribution is 2.20. The Hall–Kier alpha value is -2.28. The van der Waals surface area contributed by atoms with Crippen LogP contribution in [0.3, 0.4) is 0 Å². The molecule has 0 aliphatic rings. The first kappa shape index (κ1) is 12.2. The highest BCUT2D eigenvalue weighted by atomic mass is 16.6. The maximum Gasteiger partial charge on any atom is 0.338 e. The summed E-state index contributed by atoms with van der Waals surface area (Å²) >= 11 is 0. The number of esters is 1. The molecule has 0 amide bonds. The van der Waals surface area contributed by atoms with Crippen molar-refractivity contribution in [2.24, 2.45) is 0 Å². The van der Waals surface area contributed by atoms with Crippen LogP contribution >= 0.6 is 0 Å². The van der Waals surface area contributed by atoms with Gasteiger partial charge in [-0.2, -0.15) is 5.26 Å². The van der Waals surface area contributed by atoms with Gasteiger partial charge in [-0.3, -0.25) is 0 Å². The monoisotopic (exact) mass is 242 g/mol. The van der Waals surface area contributed by atoms with Crippen molar-refractivity contribution in [3.05, 3.63) is 35.5 Å². The minimum atomic E-state index is -0.526. The summed E-state index contributed by atoms with van der Waals surface area (Å²) in [6.45, 7) is 5.46. The lowest BCUT2D eigenvalue weighted by molar-refractivity contribution is 0.00697. The first-order chi connectivity index (χ1) is 8.40. The van der Waals surface area contributed by atoms with E-state index in [4.69, 9.17) is 10.00 Å². The van der Waals surface area contributed by atoms with Crippen LogP contribution < -0.4 is 0 Å². The van der Waals surface area contributed by atoms with E-state index in [1.54, 1.807) is 24.4 Å². The van der Waals surface area contributed by atoms with Crippen molar-refractivity contribution in [3.63, 3.8) is 0 Å². The van der Waals surface area contributed by atoms with Crippen LogP contribution in [-0.4, -0.2) is 16.6 Å². The second-order valence-corrected chi connectivity index (χ2v) is 5.08. The van der Waals surface area contributed by atoms with Crippen molar-refractivity contribution in [2.45, 2.75) is 26.4 Å². The van der Waals surface area contributed by atoms with Gasteiger partial charge in [0.15, 0.2) is 0 Å². The summed E-state index contributed by atoms with van der Waals surface area (Å²) < 4.78 is 5.29. The topological polar surface area (TPSA) is 65.9 Å². The summed E-state index contributed by atoms with van der Waals surface area (Å²) in [6, 6.07) is 7.22. The lowest BCUT2D eigenvalue weighted by atomic mass is 10.1. The number of hydrogen-bond acceptors (Lipinski definition) is 3. The fourth-order valence-corrected chi connectivity index (χ4v) is 1.68. The van der Waals surface area contributed by atoms with Crippen LogP contribution in [0.5, 0.6) is 0 Å². The average Bonchev–Trinajstić information content (AvgIpc) is 2.68. The molecule has 2 aromatic rings. The summed E-state index contributed by atoms with van der Waals surface area (Å²) in [6.07, 6.45) is 1.63. The van der Waals surface area contributed by atoms with Crippen molar-refractivity contribution in [2.75, 3.05) is 0 Å². The number of ether oxygens (including phenoxy) is 1. The lowest BCUT2D eigenvalue weighted by Gasteiger charge is -2.19. The van der Waals surface area contributed by atoms with E-state index in [0.717, 1.165) is 10.9 Å². The molecule has 0 saturated carbocycles. The summed E-state index contributed by atoms with van der Waals surface area (Å²) in [4.78, 5) is 14.9. The van der Waals surface area contributed by atoms with Gasteiger partial charge in [-0.1, -0.05) is 0 Å². The van der Waals surface area contributed by atoms with Crippen LogP contribution in [-0.2, 0) is 4.74 Å². The second-order valence-electron chi connectivity index (χ2n) is 5.08. The van der Waals surface area contributed by atoms with Crippen LogP contribution in [0, 0.1) is 11.3 Å². The van der Waals surface area contributed by atoms with Gasteiger partial charge in [-0.15, -0.1) is 0 Å². The van der Waals surface area contributed by atoms with Gasteiger partial charge in [0.05, 0.1) is 11.1 Å². The van der Waals surface area contributed by atoms with E-state index in [1.165, 1.54) is 0 Å². The molecular weight excluding hydrogens is 228 g/mol. The Bertz CT molecular complexity index is 642. The fraction of sp³-hybridized carbons (Fsp3) is 0.286. The predicted octanol–water partition coefficient (Wildman–Crippen LogP) is 2.99. The maximum atomic E-state index is 11.9. The molecule has 1 N–H and O–H groups in total. The van der Waals surface area contributed by atoms with Crippen LogP contribution in [0.25, 0.3) is 10.9 Å². The van der Waals surface area contributed by atoms with Gasteiger partial charge < -0.3 is 9.72 Å². The Morgan fingerprint density at radius 3 is 2.72 bits per heavy atom. The summed E-state index contributed by atoms with van der Waals surface area (Å²) in [5, 5.41) is 9.69. The Morgan fingerprint density at radius 2 is 2.11 bits per heavy atom. The van der Waals surface area contributed by atoms with E-state index in [9.17, 15) is 4.79 Å². The Labute approximate surface area is 105 Å². The first-order valence-corrected chi connectivity index (χ1v) is 5.65. The van der Waals surface area contributed by atoms with E-state index in [0.29, 0.717) is 11.1 Å². The van der Waals surface area contributed by atoms with Crippen LogP contribution in [0.2, 0.25) is 0 Å². The van der Waals surface area contributed by atoms with Crippen LogP contribution in [0.15, 0.2) is 24.4 Å². The molecule has 18 heavy (non-hydrogen) atoms. The number of aromatic amines is 1. The van der Waals surface area contributed by atoms with Crippen molar-refractivity contribution in [1.82, 2.24) is 4.98 Å². The number of H-pyrrole nitrogens is 1. The SMILES string of the molecule is CC(C)(C)OC(=O)c1ccc2[nH]cc(C#N)c2c1. The molecule has 0 atom stereocenters. The molecule has 4 nitrogen and oxygen atoms in total. The number of rotatable bonds is 1. The minimum absolute atomic E-state index is 0.380. The molecule has 0 fully saturated rings. The number of fused-ring (bicyclic) bond motifs is 1. The highest BCUT2D eigenvalue weighted by molar-refractivity contribution is 5.96. The van der Waals surface area contributed by atoms with E-state index >= 15 is 0 Å². The largest absolute Gasteiger partial charge is 0.456 e. The Balaban J connectivity index is 2.41. The Kier molecular flexibility index (Phi) is 2.84. The number of carbonyl (C=O) groups is 1. The maximum absolute atomic E-state index is 11.9. The van der Waals surface area contributed by atoms with Gasteiger partial charge in [-0.05, 0) is 39.0 Å². The zero-order chi connectivity index (χ0) is 13.3. The average molecular weight is 242 g/mol. The van der Waals surface area contributed by atoms with Crippen LogP contribution in [0.1, 0.15) is 36.7 Å². The predicted molar refractivity (Wildman–Crippen MR) is 68.2 cm³/mol. The minimum Gasteiger partial charge on any atom is -0.456 e. The second kappa shape index (κ2) is 4.19. The third-order valence-electron chi connectivity index (χ3n) is 2.44. The smallest absolute Gasteiger partial charge is 0.338 e. The van der Waals surface area contributed by atoms with Crippen LogP contribution in [0.4, 0.5) is 0 Å². The molecule has 2 rings (SSSR count). The quantitative estimate of drug-likeness (QED) is 0.782. The molecule has 92 valence electrons. The molecule has 1 heterocycles. The van der Waals surface area contributed by atoms with Gasteiger partial charge in [0.2, 0.25) is 0 Å². The van der Waals surface area contributed by atoms with Crippen molar-refractivity contribution in [3.8, 4) is 6.07 Å². The third-order valence-corrected chi connectivity index (χ3v) is 2.44. The molecule has 4 heteroatoms. The number of nitrogens with zero attached hydrogens (tertiary/aromatic N) is 1. The third kappa shape index (κ3) is 2.35. The zero-order valence-corrected chi connectivity index (χ0v) is 10.6. The molecule has 0 unspecified atom stereocenters. The Morgan fingerprint density at radius 1 is 1.39 bits per heavy atom. The number of benzene rings is 1. The fourth-order valence-electron chi connectivity index (χ4n) is 1.68. The molecule has 1 aromatic carbocycles. The molecule has 0 spiro atoms. The molecule has 0 radical (unpaired) electrons. The van der Waals surface area contributed by atoms with Crippen molar-refractivity contribution < 1.29 is 9.53 Å². The van der Waals surface area contributed by atoms with Crippen molar-refractivity contribution >= 4 is 16.9 Å². The van der Waals surface area contributed by atoms with E-state index < -0.39 is 5.60 Å². The normalized spacial score (nSPS) is 11.2. The number of aromatic nitrogens is 1. The number of carbonyl (C=O) groups excluding carboxylic acids is 1. The van der Waals surface area contributed by atoms with Crippen molar-refractivity contribution in [1.29, 1.82) is 5.26 Å². The summed E-state index contributed by atoms with van der Waals surface area (Å²) in [5.41, 5.74) is 1.28. The molecule has 0 aliphatic carbocycles. The van der Waals surface area contributed by atoms with Gasteiger partial charge >= 0.3 is 5.97 Å². The van der Waals surface area contributed by atoms with Gasteiger partial charge in [0.1, 0.15) is 11.7 Å². The number of hydrogen-bond donors (Lipinski definition) is 1. The molecule has 0 bridgehead atoms. The van der Waals surface area contributed by atoms with Gasteiger partial charge in [0, 0.05) is 17.1 Å². The zero-order valence-electron chi connectivity index (χ0n) is 10.6. The summed E-state index contributed by atoms with van der Waals surface area (Å²) in [5.74, 6) is -0.380. The lowest BCUT2D eigenvalue weighted by Crippen LogP contribution is -2.23. The summed E-state index contributed by atoms with van der Waals surface area (Å²) in [7, 11) is 0. The van der Waals surface area contributed by atoms with Gasteiger partial charge in [-0.25, -0.2) is 4.79 Å². The van der Waals surface area contributed by atoms with Gasteiger partial charge in [0.25, 0.3) is 0 Å². The highest BCUT2D eigenvalue weighted by Gasteiger charge is 2.18. The number of nitrogens with one attached hydrogen (secondary N) is 1.